The van der Waals surface area contributed by atoms with Crippen LogP contribution in [-0.4, -0.2) is 266 Å². The van der Waals surface area contributed by atoms with Crippen LogP contribution in [0.2, 0.25) is 0 Å². The lowest BCUT2D eigenvalue weighted by Crippen LogP contribution is -2.37. The van der Waals surface area contributed by atoms with Gasteiger partial charge < -0.3 is 42.7 Å². The highest BCUT2D eigenvalue weighted by Gasteiger charge is 2.36. The molecule has 4 fully saturated rings. The van der Waals surface area contributed by atoms with Crippen molar-refractivity contribution in [1.29, 1.82) is 0 Å². The van der Waals surface area contributed by atoms with Gasteiger partial charge >= 0.3 is 0 Å². The van der Waals surface area contributed by atoms with Crippen LogP contribution >= 0.6 is 181 Å². The van der Waals surface area contributed by atoms with Crippen LogP contribution in [0.25, 0.3) is 0 Å². The van der Waals surface area contributed by atoms with E-state index in [0.717, 1.165) is 193 Å². The minimum Gasteiger partial charge on any atom is -0.359 e. The molecule has 4 aliphatic carbocycles. The average Bonchev–Trinajstić information content (AvgIpc) is 1.77. The summed E-state index contributed by atoms with van der Waals surface area (Å²) in [4.78, 5) is 235. The zero-order chi connectivity index (χ0) is 108. The Balaban J connectivity index is -0.000000505. The van der Waals surface area contributed by atoms with Gasteiger partial charge in [-0.3, -0.25) is 116 Å². The van der Waals surface area contributed by atoms with Gasteiger partial charge in [0.2, 0.25) is 17.7 Å². The molecule has 0 atom stereocenters. The third-order valence-corrected chi connectivity index (χ3v) is 23.2. The summed E-state index contributed by atoms with van der Waals surface area (Å²) in [5.74, 6) is 0.853. The Morgan fingerprint density at radius 1 is 0.262 bits per heavy atom. The Hall–Kier alpha value is -3.60. The second-order valence-electron chi connectivity index (χ2n) is 33.0. The summed E-state index contributed by atoms with van der Waals surface area (Å²) in [6.45, 7) is 7.70. The maximum atomic E-state index is 12.3. The normalized spacial score (nSPS) is 19.5. The van der Waals surface area contributed by atoms with Crippen LogP contribution in [0.1, 0.15) is 252 Å². The Morgan fingerprint density at radius 3 is 0.631 bits per heavy atom. The number of imide groups is 6. The zero-order valence-corrected chi connectivity index (χ0v) is 103. The number of nitrogens with one attached hydrogen (secondary N) is 3. The maximum absolute atomic E-state index is 12.3. The quantitative estimate of drug-likeness (QED) is 0.0190. The first-order valence-corrected chi connectivity index (χ1v) is 70.0. The largest absolute Gasteiger partial charge is 0.359 e. The van der Waals surface area contributed by atoms with Crippen molar-refractivity contribution < 1.29 is 95.9 Å². The maximum Gasteiger partial charge on any atom is 0.253 e. The van der Waals surface area contributed by atoms with Crippen LogP contribution in [0, 0.1) is 47.3 Å². The molecule has 44 heteroatoms. The second-order valence-corrected chi connectivity index (χ2v) is 50.7. The summed E-state index contributed by atoms with van der Waals surface area (Å²) in [6.07, 6.45) is 58.2. The lowest BCUT2D eigenvalue weighted by atomic mass is 9.79. The molecule has 6 heterocycles. The van der Waals surface area contributed by atoms with Gasteiger partial charge in [-0.2, -0.15) is 0 Å². The van der Waals surface area contributed by atoms with E-state index in [1.165, 1.54) is 123 Å². The van der Waals surface area contributed by atoms with Crippen molar-refractivity contribution in [3.63, 3.8) is 0 Å². The van der Waals surface area contributed by atoms with E-state index in [1.54, 1.807) is 95.5 Å². The number of carbonyl (C=O) groups is 20. The lowest BCUT2D eigenvalue weighted by molar-refractivity contribution is -0.139. The number of halogens is 6. The molecule has 0 bridgehead atoms. The van der Waals surface area contributed by atoms with E-state index in [2.05, 4.69) is 160 Å². The van der Waals surface area contributed by atoms with Gasteiger partial charge in [-0.1, -0.05) is 92.1 Å². The molecule has 0 saturated heterocycles. The standard InChI is InChI=1S/C20H30N2O4.C20H29NO4.C13H18N2O3.C13H17NO3.C11H16N2O3.C11H15NO3.6CH3IS.3CH5N/c1-21-18(24)7-5-3-2-4-6-17(23)16-10-8-15(9-11-16)14-22-19(25)12-13-20(22)26;1-15(22)6-4-2-3-5-7-18(23)17-10-8-16(9-11-17)14-21-19(24)12-13-20(21)25;1-14-13(18)10-4-2-9(3-5-10)8-15-11(16)6-7-12(15)17;1-9(15)11-4-2-10(3-5-11)8-14-12(16)6-7-13(14)17;1-12-9(14)5-3-2-4-8-13-10(15)6-7-11(13)16;1-9(13)5-3-2-4-8-12-10(14)6-7-11(12)15;6*1-3-2;3*1-2/h12-13,15-16H,2-11,14H2,1H3,(H,21,24);12-13,16-17H,2-11,14H2,1H3;6-7,9-10H,2-5,8H2,1H3,(H,14,18);6-7,10-11H,2-5,8H2,1H3;6-7H,2-5,8H2,1H3,(H,12,14);6-7H,2-5,8H2,1H3;6*1H3;3*2H2,1H3. The van der Waals surface area contributed by atoms with Gasteiger partial charge in [-0.15, -0.1) is 0 Å². The van der Waals surface area contributed by atoms with Gasteiger partial charge in [-0.25, -0.2) is 0 Å². The average molecular weight is 2770 g/mol. The van der Waals surface area contributed by atoms with E-state index in [9.17, 15) is 95.9 Å². The molecule has 0 radical (unpaired) electrons. The van der Waals surface area contributed by atoms with Crippen LogP contribution in [0.4, 0.5) is 0 Å². The molecule has 141 heavy (non-hydrogen) atoms. The topological polar surface area (TPSA) is 475 Å². The van der Waals surface area contributed by atoms with E-state index >= 15 is 0 Å². The van der Waals surface area contributed by atoms with Crippen LogP contribution in [0.15, 0.2) is 72.9 Å². The number of amides is 15. The number of rotatable bonds is 38. The molecule has 804 valence electrons. The molecule has 9 N–H and O–H groups in total. The highest BCUT2D eigenvalue weighted by atomic mass is 127. The highest BCUT2D eigenvalue weighted by molar-refractivity contribution is 14.2. The van der Waals surface area contributed by atoms with Gasteiger partial charge in [-0.05, 0) is 384 Å². The van der Waals surface area contributed by atoms with Crippen molar-refractivity contribution in [3.05, 3.63) is 72.9 Å². The molecule has 10 rings (SSSR count). The summed E-state index contributed by atoms with van der Waals surface area (Å²) in [6, 6.07) is 0. The van der Waals surface area contributed by atoms with E-state index in [0.29, 0.717) is 113 Å². The fraction of sp³-hybridized carbons (Fsp3) is 0.670. The Kier molecular flexibility index (Phi) is 99.3. The predicted octanol–water partition coefficient (Wildman–Crippen LogP) is 17.6. The SMILES string of the molecule is CC(=O)C1CCC(CN2C(=O)C=CC2=O)CC1.CC(=O)CCCCCCC(=O)C1CCC(CN2C(=O)C=CC2=O)CC1.CC(=O)CCCCCN1C(=O)C=CC1=O.CN.CN.CN.CNC(=O)C1CCC(CN2C(=O)C=CC2=O)CC1.CNC(=O)CCCCCCC(=O)C1CCC(CN2C(=O)C=CC2=O)CC1.CNC(=O)CCCCCN1C(=O)C=CC1=O.CSI.CSI.CSI.CSI.CSI.CSI. The first-order chi connectivity index (χ1) is 67.4. The third-order valence-electron chi connectivity index (χ3n) is 23.2. The summed E-state index contributed by atoms with van der Waals surface area (Å²) in [5.41, 5.74) is 13.5. The van der Waals surface area contributed by atoms with Crippen molar-refractivity contribution in [2.24, 2.45) is 64.5 Å². The fourth-order valence-corrected chi connectivity index (χ4v) is 15.9. The molecular weight excluding hydrogens is 2610 g/mol. The summed E-state index contributed by atoms with van der Waals surface area (Å²) >= 11 is 13.2. The van der Waals surface area contributed by atoms with Crippen LogP contribution in [0.5, 0.6) is 0 Å². The Labute approximate surface area is 937 Å². The highest BCUT2D eigenvalue weighted by Crippen LogP contribution is 2.36. The predicted molar refractivity (Wildman–Crippen MR) is 629 cm³/mol. The van der Waals surface area contributed by atoms with Crippen LogP contribution in [-0.2, 0) is 95.9 Å². The molecule has 10 aliphatic rings. The molecule has 0 aromatic rings. The molecule has 15 amide bonds. The van der Waals surface area contributed by atoms with Crippen molar-refractivity contribution in [2.45, 2.75) is 252 Å². The molecule has 0 aromatic carbocycles. The molecule has 0 spiro atoms. The summed E-state index contributed by atoms with van der Waals surface area (Å²) < 4.78 is 0. The smallest absolute Gasteiger partial charge is 0.253 e. The number of carbonyl (C=O) groups excluding carboxylic acids is 20. The minimum absolute atomic E-state index is 0.0231. The second kappa shape index (κ2) is 96.0. The minimum atomic E-state index is -0.240. The van der Waals surface area contributed by atoms with E-state index in [-0.39, 0.29) is 130 Å². The van der Waals surface area contributed by atoms with Crippen molar-refractivity contribution in [1.82, 2.24) is 45.3 Å². The summed E-state index contributed by atoms with van der Waals surface area (Å²) in [7, 11) is 19.7. The van der Waals surface area contributed by atoms with Crippen molar-refractivity contribution in [3.8, 4) is 0 Å². The van der Waals surface area contributed by atoms with E-state index < -0.39 is 0 Å². The number of nitrogens with two attached hydrogens (primary N) is 3. The van der Waals surface area contributed by atoms with Gasteiger partial charge in [0.1, 0.15) is 28.9 Å². The molecule has 0 unspecified atom stereocenters. The molecule has 32 nitrogen and oxygen atoms in total. The number of unbranched alkanes of at least 4 members (excludes halogenated alkanes) is 10. The first-order valence-electron chi connectivity index (χ1n) is 47.4. The zero-order valence-electron chi connectivity index (χ0n) is 85.0. The van der Waals surface area contributed by atoms with E-state index in [1.807, 2.05) is 37.5 Å². The molecule has 6 aliphatic heterocycles. The third kappa shape index (κ3) is 70.9. The monoisotopic (exact) mass is 2760 g/mol. The van der Waals surface area contributed by atoms with Crippen molar-refractivity contribution >= 4 is 298 Å². The van der Waals surface area contributed by atoms with Crippen LogP contribution in [0.3, 0.4) is 0 Å². The van der Waals surface area contributed by atoms with Gasteiger partial charge in [0.15, 0.2) is 0 Å². The molecule has 4 saturated carbocycles. The number of ketones is 5. The number of Topliss-reactive ketones (excluding diaryl/α,β-unsaturated/α-hetero) is 5. The van der Waals surface area contributed by atoms with Gasteiger partial charge in [0, 0.05) is 196 Å². The number of nitrogens with zero attached hydrogens (tertiary/aromatic N) is 6. The number of hydrogen-bond acceptors (Lipinski definition) is 29. The lowest BCUT2D eigenvalue weighted by Gasteiger charge is -2.30. The molecular formula is C97H158I6N12O20S6. The molecule has 0 aromatic heterocycles. The first kappa shape index (κ1) is 146. The fourth-order valence-electron chi connectivity index (χ4n) is 15.9. The van der Waals surface area contributed by atoms with Gasteiger partial charge in [0.25, 0.3) is 70.9 Å². The Bertz CT molecular complexity index is 3800. The Morgan fingerprint density at radius 2 is 0.440 bits per heavy atom. The van der Waals surface area contributed by atoms with Crippen molar-refractivity contribution in [2.75, 3.05) is 119 Å². The van der Waals surface area contributed by atoms with Crippen LogP contribution < -0.4 is 33.2 Å². The summed E-state index contributed by atoms with van der Waals surface area (Å²) in [5, 5.41) is 7.82. The van der Waals surface area contributed by atoms with Gasteiger partial charge in [0.05, 0.1) is 0 Å². The van der Waals surface area contributed by atoms with E-state index in [4.69, 9.17) is 0 Å². The number of hydrogen-bond donors (Lipinski definition) is 6.